The average molecular weight is 287 g/mol. The van der Waals surface area contributed by atoms with Crippen molar-refractivity contribution >= 4 is 40.7 Å². The zero-order valence-electron chi connectivity index (χ0n) is 8.91. The molecule has 0 radical (unpaired) electrons. The molecule has 0 atom stereocenters. The maximum absolute atomic E-state index is 6.21. The third kappa shape index (κ3) is 3.06. The van der Waals surface area contributed by atoms with Crippen LogP contribution in [0.3, 0.4) is 0 Å². The molecule has 1 nitrogen and oxygen atoms in total. The molecule has 0 bridgehead atoms. The van der Waals surface area contributed by atoms with Gasteiger partial charge in [0.1, 0.15) is 0 Å². The number of nitrogens with zero attached hydrogens (tertiary/aromatic N) is 1. The lowest BCUT2D eigenvalue weighted by atomic mass is 10.2. The Morgan fingerprint density at radius 1 is 0.882 bits per heavy atom. The first-order valence-corrected chi connectivity index (χ1v) is 6.19. The monoisotopic (exact) mass is 285 g/mol. The van der Waals surface area contributed by atoms with Gasteiger partial charge in [-0.25, -0.2) is 0 Å². The van der Waals surface area contributed by atoms with Gasteiger partial charge in [-0.2, -0.15) is 0 Å². The van der Waals surface area contributed by atoms with Gasteiger partial charge in [0.05, 0.1) is 22.3 Å². The third-order valence-corrected chi connectivity index (χ3v) is 3.47. The molecular formula is C13H10Cl3N. The third-order valence-electron chi connectivity index (χ3n) is 2.36. The van der Waals surface area contributed by atoms with Crippen molar-refractivity contribution in [3.05, 3.63) is 64.1 Å². The van der Waals surface area contributed by atoms with E-state index in [-0.39, 0.29) is 0 Å². The summed E-state index contributed by atoms with van der Waals surface area (Å²) in [4.78, 5) is 0. The Balaban J connectivity index is 2.20. The molecule has 0 spiro atoms. The quantitative estimate of drug-likeness (QED) is 0.705. The fourth-order valence-corrected chi connectivity index (χ4v) is 2.23. The summed E-state index contributed by atoms with van der Waals surface area (Å²) in [6.45, 7) is 0.572. The molecule has 0 fully saturated rings. The number of halogens is 3. The molecule has 2 aromatic carbocycles. The van der Waals surface area contributed by atoms with E-state index in [9.17, 15) is 0 Å². The van der Waals surface area contributed by atoms with Gasteiger partial charge in [-0.15, -0.1) is 0 Å². The summed E-state index contributed by atoms with van der Waals surface area (Å²) in [5.74, 6) is 0. The van der Waals surface area contributed by atoms with Gasteiger partial charge >= 0.3 is 0 Å². The minimum Gasteiger partial charge on any atom is -0.279 e. The summed E-state index contributed by atoms with van der Waals surface area (Å²) >= 11 is 18.2. The van der Waals surface area contributed by atoms with Crippen LogP contribution in [0.1, 0.15) is 5.56 Å². The molecule has 0 saturated heterocycles. The minimum absolute atomic E-state index is 0.472. The van der Waals surface area contributed by atoms with Crippen molar-refractivity contribution in [2.45, 2.75) is 6.54 Å². The van der Waals surface area contributed by atoms with Crippen molar-refractivity contribution in [1.29, 1.82) is 0 Å². The highest BCUT2D eigenvalue weighted by atomic mass is 35.5. The molecule has 0 N–H and O–H groups in total. The lowest BCUT2D eigenvalue weighted by molar-refractivity contribution is 1.05. The van der Waals surface area contributed by atoms with E-state index in [1.165, 1.54) is 0 Å². The maximum Gasteiger partial charge on any atom is 0.0838 e. The molecular weight excluding hydrogens is 277 g/mol. The van der Waals surface area contributed by atoms with Crippen molar-refractivity contribution in [2.24, 2.45) is 0 Å². The predicted molar refractivity (Wildman–Crippen MR) is 74.9 cm³/mol. The second-order valence-corrected chi connectivity index (χ2v) is 4.77. The molecule has 0 amide bonds. The lowest BCUT2D eigenvalue weighted by Crippen LogP contribution is -2.10. The summed E-state index contributed by atoms with van der Waals surface area (Å²) in [5, 5.41) is 0.975. The Morgan fingerprint density at radius 3 is 2.29 bits per heavy atom. The van der Waals surface area contributed by atoms with Gasteiger partial charge in [-0.05, 0) is 17.7 Å². The summed E-state index contributed by atoms with van der Waals surface area (Å²) in [5.41, 5.74) is 1.82. The first kappa shape index (κ1) is 12.6. The zero-order chi connectivity index (χ0) is 12.3. The average Bonchev–Trinajstić information content (AvgIpc) is 2.34. The van der Waals surface area contributed by atoms with Crippen LogP contribution >= 0.6 is 35.0 Å². The standard InChI is InChI=1S/C13H10Cl3N/c14-11-7-4-8-12(13(11)15)17(16)9-10-5-2-1-3-6-10/h1-8H,9H2. The van der Waals surface area contributed by atoms with Gasteiger partial charge in [0, 0.05) is 11.8 Å². The lowest BCUT2D eigenvalue weighted by Gasteiger charge is -2.17. The summed E-state index contributed by atoms with van der Waals surface area (Å²) in [7, 11) is 0. The van der Waals surface area contributed by atoms with Crippen LogP contribution in [0, 0.1) is 0 Å². The Labute approximate surface area is 116 Å². The van der Waals surface area contributed by atoms with E-state index in [0.717, 1.165) is 5.56 Å². The SMILES string of the molecule is Clc1cccc(N(Cl)Cc2ccccc2)c1Cl. The smallest absolute Gasteiger partial charge is 0.0838 e. The van der Waals surface area contributed by atoms with Gasteiger partial charge in [0.25, 0.3) is 0 Å². The highest BCUT2D eigenvalue weighted by molar-refractivity contribution is 6.44. The van der Waals surface area contributed by atoms with Crippen molar-refractivity contribution in [1.82, 2.24) is 0 Å². The van der Waals surface area contributed by atoms with Crippen LogP contribution in [-0.2, 0) is 6.54 Å². The largest absolute Gasteiger partial charge is 0.279 e. The Hall–Kier alpha value is -0.890. The molecule has 4 heteroatoms. The molecule has 0 heterocycles. The normalized spacial score (nSPS) is 10.3. The summed E-state index contributed by atoms with van der Waals surface area (Å²) in [6, 6.07) is 15.3. The van der Waals surface area contributed by atoms with E-state index in [1.807, 2.05) is 42.5 Å². The van der Waals surface area contributed by atoms with E-state index in [1.54, 1.807) is 10.5 Å². The zero-order valence-corrected chi connectivity index (χ0v) is 11.2. The van der Waals surface area contributed by atoms with Gasteiger partial charge in [0.2, 0.25) is 0 Å². The number of hydrogen-bond acceptors (Lipinski definition) is 1. The molecule has 0 aromatic heterocycles. The Morgan fingerprint density at radius 2 is 1.59 bits per heavy atom. The first-order chi connectivity index (χ1) is 8.18. The Kier molecular flexibility index (Phi) is 4.16. The highest BCUT2D eigenvalue weighted by Crippen LogP contribution is 2.34. The van der Waals surface area contributed by atoms with Crippen LogP contribution in [-0.4, -0.2) is 0 Å². The Bertz CT molecular complexity index is 499. The number of rotatable bonds is 3. The van der Waals surface area contributed by atoms with Crippen LogP contribution < -0.4 is 4.42 Å². The summed E-state index contributed by atoms with van der Waals surface area (Å²) < 4.78 is 1.56. The van der Waals surface area contributed by atoms with Crippen molar-refractivity contribution in [2.75, 3.05) is 4.42 Å². The summed E-state index contributed by atoms with van der Waals surface area (Å²) in [6.07, 6.45) is 0. The first-order valence-electron chi connectivity index (χ1n) is 5.10. The molecule has 2 aromatic rings. The molecule has 2 rings (SSSR count). The van der Waals surface area contributed by atoms with E-state index in [0.29, 0.717) is 22.3 Å². The van der Waals surface area contributed by atoms with Gasteiger partial charge in [-0.3, -0.25) is 4.42 Å². The van der Waals surface area contributed by atoms with Gasteiger partial charge in [0.15, 0.2) is 0 Å². The fourth-order valence-electron chi connectivity index (χ4n) is 1.51. The topological polar surface area (TPSA) is 3.24 Å². The molecule has 0 aliphatic rings. The molecule has 17 heavy (non-hydrogen) atoms. The fraction of sp³-hybridized carbons (Fsp3) is 0.0769. The second-order valence-electron chi connectivity index (χ2n) is 3.58. The van der Waals surface area contributed by atoms with E-state index >= 15 is 0 Å². The maximum atomic E-state index is 6.21. The van der Waals surface area contributed by atoms with Gasteiger partial charge < -0.3 is 0 Å². The van der Waals surface area contributed by atoms with E-state index in [4.69, 9.17) is 35.0 Å². The number of benzene rings is 2. The molecule has 0 unspecified atom stereocenters. The molecule has 0 aliphatic heterocycles. The van der Waals surface area contributed by atoms with Crippen LogP contribution in [0.15, 0.2) is 48.5 Å². The van der Waals surface area contributed by atoms with Crippen LogP contribution in [0.5, 0.6) is 0 Å². The van der Waals surface area contributed by atoms with Crippen LogP contribution in [0.4, 0.5) is 5.69 Å². The molecule has 0 saturated carbocycles. The number of hydrogen-bond donors (Lipinski definition) is 0. The molecule has 88 valence electrons. The van der Waals surface area contributed by atoms with Crippen molar-refractivity contribution in [3.8, 4) is 0 Å². The molecule has 0 aliphatic carbocycles. The second kappa shape index (κ2) is 5.63. The van der Waals surface area contributed by atoms with Crippen LogP contribution in [0.2, 0.25) is 10.0 Å². The van der Waals surface area contributed by atoms with Crippen molar-refractivity contribution < 1.29 is 0 Å². The van der Waals surface area contributed by atoms with E-state index < -0.39 is 0 Å². The van der Waals surface area contributed by atoms with Gasteiger partial charge in [-0.1, -0.05) is 59.6 Å². The van der Waals surface area contributed by atoms with E-state index in [2.05, 4.69) is 0 Å². The minimum atomic E-state index is 0.472. The predicted octanol–water partition coefficient (Wildman–Crippen LogP) is 5.15. The van der Waals surface area contributed by atoms with Crippen LogP contribution in [0.25, 0.3) is 0 Å². The van der Waals surface area contributed by atoms with Crippen molar-refractivity contribution in [3.63, 3.8) is 0 Å². The highest BCUT2D eigenvalue weighted by Gasteiger charge is 2.10. The number of anilines is 1.